The zero-order valence-corrected chi connectivity index (χ0v) is 9.94. The molecule has 1 rings (SSSR count). The lowest BCUT2D eigenvalue weighted by molar-refractivity contribution is 0.489. The quantitative estimate of drug-likeness (QED) is 0.700. The summed E-state index contributed by atoms with van der Waals surface area (Å²) in [4.78, 5) is 0. The third kappa shape index (κ3) is 3.96. The minimum atomic E-state index is -2.82. The van der Waals surface area contributed by atoms with E-state index in [4.69, 9.17) is 0 Å². The fourth-order valence-corrected chi connectivity index (χ4v) is 2.75. The second kappa shape index (κ2) is 5.12. The van der Waals surface area contributed by atoms with Gasteiger partial charge in [0.2, 0.25) is 0 Å². The van der Waals surface area contributed by atoms with Gasteiger partial charge in [0.15, 0.2) is 9.84 Å². The van der Waals surface area contributed by atoms with E-state index in [1.165, 1.54) is 12.8 Å². The molecule has 0 aliphatic heterocycles. The molecule has 1 fully saturated rings. The highest BCUT2D eigenvalue weighted by atomic mass is 32.2. The van der Waals surface area contributed by atoms with E-state index in [0.717, 1.165) is 13.0 Å². The van der Waals surface area contributed by atoms with E-state index in [1.807, 2.05) is 0 Å². The molecule has 0 bridgehead atoms. The van der Waals surface area contributed by atoms with Crippen LogP contribution >= 0.6 is 0 Å². The van der Waals surface area contributed by atoms with Crippen molar-refractivity contribution in [3.63, 3.8) is 0 Å². The van der Waals surface area contributed by atoms with E-state index >= 15 is 0 Å². The molecule has 1 atom stereocenters. The zero-order chi connectivity index (χ0) is 10.6. The van der Waals surface area contributed by atoms with Crippen LogP contribution in [0.2, 0.25) is 0 Å². The summed E-state index contributed by atoms with van der Waals surface area (Å²) in [5.74, 6) is 1.21. The Labute approximate surface area is 87.2 Å². The van der Waals surface area contributed by atoms with Gasteiger partial charge >= 0.3 is 0 Å². The van der Waals surface area contributed by atoms with Gasteiger partial charge in [-0.25, -0.2) is 8.42 Å². The van der Waals surface area contributed by atoms with E-state index in [-0.39, 0.29) is 11.8 Å². The van der Waals surface area contributed by atoms with Gasteiger partial charge < -0.3 is 5.32 Å². The van der Waals surface area contributed by atoms with Gasteiger partial charge in [-0.3, -0.25) is 0 Å². The number of rotatable bonds is 7. The van der Waals surface area contributed by atoms with E-state index < -0.39 is 9.84 Å². The highest BCUT2D eigenvalue weighted by Gasteiger charge is 2.33. The van der Waals surface area contributed by atoms with Gasteiger partial charge in [0.1, 0.15) is 0 Å². The first-order valence-corrected chi connectivity index (χ1v) is 7.35. The van der Waals surface area contributed by atoms with Crippen LogP contribution in [0.25, 0.3) is 0 Å². The molecule has 0 radical (unpaired) electrons. The molecule has 0 aromatic rings. The lowest BCUT2D eigenvalue weighted by Crippen LogP contribution is -2.38. The SMILES string of the molecule is CCCNC(CS(=O)(=O)CC)C1CC1. The Bertz CT molecular complexity index is 257. The summed E-state index contributed by atoms with van der Waals surface area (Å²) >= 11 is 0. The van der Waals surface area contributed by atoms with Crippen LogP contribution in [0.3, 0.4) is 0 Å². The van der Waals surface area contributed by atoms with Gasteiger partial charge in [-0.15, -0.1) is 0 Å². The lowest BCUT2D eigenvalue weighted by Gasteiger charge is -2.17. The van der Waals surface area contributed by atoms with Crippen molar-refractivity contribution in [1.29, 1.82) is 0 Å². The second-order valence-corrected chi connectivity index (χ2v) is 6.49. The number of hydrogen-bond acceptors (Lipinski definition) is 3. The fourth-order valence-electron chi connectivity index (χ4n) is 1.58. The van der Waals surface area contributed by atoms with E-state index in [1.54, 1.807) is 6.92 Å². The third-order valence-electron chi connectivity index (χ3n) is 2.72. The normalized spacial score (nSPS) is 19.6. The average Bonchev–Trinajstić information content (AvgIpc) is 2.95. The van der Waals surface area contributed by atoms with Crippen LogP contribution in [0.4, 0.5) is 0 Å². The van der Waals surface area contributed by atoms with E-state index in [9.17, 15) is 8.42 Å². The fraction of sp³-hybridized carbons (Fsp3) is 1.00. The molecule has 1 N–H and O–H groups in total. The van der Waals surface area contributed by atoms with Crippen molar-refractivity contribution < 1.29 is 8.42 Å². The van der Waals surface area contributed by atoms with Crippen molar-refractivity contribution in [2.45, 2.75) is 39.2 Å². The van der Waals surface area contributed by atoms with Gasteiger partial charge in [-0.1, -0.05) is 13.8 Å². The highest BCUT2D eigenvalue weighted by molar-refractivity contribution is 7.91. The molecule has 1 saturated carbocycles. The standard InChI is InChI=1S/C10H21NO2S/c1-3-7-11-10(9-5-6-9)8-14(12,13)4-2/h9-11H,3-8H2,1-2H3. The molecule has 0 aromatic heterocycles. The van der Waals surface area contributed by atoms with Crippen molar-refractivity contribution >= 4 is 9.84 Å². The molecule has 0 amide bonds. The van der Waals surface area contributed by atoms with Crippen LogP contribution in [0.5, 0.6) is 0 Å². The monoisotopic (exact) mass is 219 g/mol. The lowest BCUT2D eigenvalue weighted by atomic mass is 10.2. The van der Waals surface area contributed by atoms with Crippen LogP contribution in [-0.2, 0) is 9.84 Å². The van der Waals surface area contributed by atoms with Crippen molar-refractivity contribution in [1.82, 2.24) is 5.32 Å². The molecule has 4 heteroatoms. The molecule has 0 saturated heterocycles. The van der Waals surface area contributed by atoms with Crippen molar-refractivity contribution in [2.24, 2.45) is 5.92 Å². The first-order valence-electron chi connectivity index (χ1n) is 5.53. The van der Waals surface area contributed by atoms with Crippen molar-refractivity contribution in [3.8, 4) is 0 Å². The maximum Gasteiger partial charge on any atom is 0.151 e. The Morgan fingerprint density at radius 3 is 2.43 bits per heavy atom. The smallest absolute Gasteiger partial charge is 0.151 e. The van der Waals surface area contributed by atoms with Crippen molar-refractivity contribution in [3.05, 3.63) is 0 Å². The van der Waals surface area contributed by atoms with E-state index in [0.29, 0.717) is 11.7 Å². The van der Waals surface area contributed by atoms with Crippen molar-refractivity contribution in [2.75, 3.05) is 18.1 Å². The average molecular weight is 219 g/mol. The Morgan fingerprint density at radius 2 is 2.00 bits per heavy atom. The summed E-state index contributed by atoms with van der Waals surface area (Å²) in [5.41, 5.74) is 0. The van der Waals surface area contributed by atoms with Crippen LogP contribution in [0.15, 0.2) is 0 Å². The van der Waals surface area contributed by atoms with Gasteiger partial charge in [0, 0.05) is 11.8 Å². The Hall–Kier alpha value is -0.0900. The predicted molar refractivity (Wildman–Crippen MR) is 59.1 cm³/mol. The summed E-state index contributed by atoms with van der Waals surface area (Å²) < 4.78 is 22.9. The molecule has 1 aliphatic rings. The zero-order valence-electron chi connectivity index (χ0n) is 9.12. The Morgan fingerprint density at radius 1 is 1.36 bits per heavy atom. The van der Waals surface area contributed by atoms with Crippen LogP contribution < -0.4 is 5.32 Å². The minimum Gasteiger partial charge on any atom is -0.313 e. The first kappa shape index (κ1) is 12.0. The maximum absolute atomic E-state index is 11.5. The molecule has 0 heterocycles. The molecule has 3 nitrogen and oxygen atoms in total. The summed E-state index contributed by atoms with van der Waals surface area (Å²) in [7, 11) is -2.82. The molecule has 84 valence electrons. The first-order chi connectivity index (χ1) is 6.59. The summed E-state index contributed by atoms with van der Waals surface area (Å²) in [6.07, 6.45) is 3.45. The molecule has 1 aliphatic carbocycles. The van der Waals surface area contributed by atoms with Gasteiger partial charge in [-0.05, 0) is 31.7 Å². The molecular formula is C10H21NO2S. The molecule has 1 unspecified atom stereocenters. The van der Waals surface area contributed by atoms with Gasteiger partial charge in [0.25, 0.3) is 0 Å². The predicted octanol–water partition coefficient (Wildman–Crippen LogP) is 1.20. The van der Waals surface area contributed by atoms with Gasteiger partial charge in [0.05, 0.1) is 5.75 Å². The largest absolute Gasteiger partial charge is 0.313 e. The molecule has 0 aromatic carbocycles. The number of nitrogens with one attached hydrogen (secondary N) is 1. The van der Waals surface area contributed by atoms with Crippen LogP contribution in [0, 0.1) is 5.92 Å². The van der Waals surface area contributed by atoms with Crippen LogP contribution in [0.1, 0.15) is 33.1 Å². The Kier molecular flexibility index (Phi) is 4.38. The maximum atomic E-state index is 11.5. The third-order valence-corrected chi connectivity index (χ3v) is 4.47. The molecular weight excluding hydrogens is 198 g/mol. The van der Waals surface area contributed by atoms with E-state index in [2.05, 4.69) is 12.2 Å². The summed E-state index contributed by atoms with van der Waals surface area (Å²) in [5, 5.41) is 3.34. The van der Waals surface area contributed by atoms with Gasteiger partial charge in [-0.2, -0.15) is 0 Å². The molecule has 14 heavy (non-hydrogen) atoms. The summed E-state index contributed by atoms with van der Waals surface area (Å²) in [6, 6.07) is 0.208. The second-order valence-electron chi connectivity index (χ2n) is 4.10. The van der Waals surface area contributed by atoms with Crippen LogP contribution in [-0.4, -0.2) is 32.5 Å². The number of hydrogen-bond donors (Lipinski definition) is 1. The highest BCUT2D eigenvalue weighted by Crippen LogP contribution is 2.33. The summed E-state index contributed by atoms with van der Waals surface area (Å²) in [6.45, 7) is 4.75. The minimum absolute atomic E-state index is 0.208. The molecule has 0 spiro atoms. The topological polar surface area (TPSA) is 46.2 Å². The Balaban J connectivity index is 2.42. The number of sulfone groups is 1.